The minimum atomic E-state index is -0.885. The van der Waals surface area contributed by atoms with Gasteiger partial charge >= 0.3 is 5.97 Å². The zero-order chi connectivity index (χ0) is 17.2. The first-order chi connectivity index (χ1) is 11.6. The highest BCUT2D eigenvalue weighted by molar-refractivity contribution is 5.95. The Morgan fingerprint density at radius 1 is 1.42 bits per heavy atom. The van der Waals surface area contributed by atoms with Gasteiger partial charge in [0, 0.05) is 31.2 Å². The highest BCUT2D eigenvalue weighted by Crippen LogP contribution is 2.42. The monoisotopic (exact) mass is 329 g/mol. The smallest absolute Gasteiger partial charge is 0.311 e. The number of hydrogen-bond donors (Lipinski definition) is 1. The van der Waals surface area contributed by atoms with Crippen molar-refractivity contribution in [1.29, 1.82) is 0 Å². The third-order valence-corrected chi connectivity index (χ3v) is 4.84. The van der Waals surface area contributed by atoms with Gasteiger partial charge in [0.1, 0.15) is 12.4 Å². The van der Waals surface area contributed by atoms with Crippen molar-refractivity contribution in [2.75, 3.05) is 32.9 Å². The number of carboxylic acids is 1. The van der Waals surface area contributed by atoms with E-state index in [1.807, 2.05) is 0 Å². The fraction of sp³-hybridized carbons (Fsp3) is 0.444. The summed E-state index contributed by atoms with van der Waals surface area (Å²) in [5, 5.41) is 9.66. The Kier molecular flexibility index (Phi) is 4.45. The molecule has 0 bridgehead atoms. The maximum Gasteiger partial charge on any atom is 0.311 e. The Labute approximate surface area is 140 Å². The molecule has 1 N–H and O–H groups in total. The fourth-order valence-electron chi connectivity index (χ4n) is 3.46. The molecule has 6 heteroatoms. The summed E-state index contributed by atoms with van der Waals surface area (Å²) in [4.78, 5) is 26.1. The zero-order valence-electron chi connectivity index (χ0n) is 13.2. The largest absolute Gasteiger partial charge is 0.481 e. The van der Waals surface area contributed by atoms with Crippen molar-refractivity contribution in [3.8, 4) is 18.1 Å². The van der Waals surface area contributed by atoms with E-state index in [2.05, 4.69) is 5.92 Å². The molecule has 2 heterocycles. The van der Waals surface area contributed by atoms with E-state index < -0.39 is 11.4 Å². The van der Waals surface area contributed by atoms with Gasteiger partial charge in [0.05, 0.1) is 12.0 Å². The number of rotatable bonds is 4. The summed E-state index contributed by atoms with van der Waals surface area (Å²) >= 11 is 0. The highest BCUT2D eigenvalue weighted by Gasteiger charge is 2.54. The zero-order valence-corrected chi connectivity index (χ0v) is 13.2. The lowest BCUT2D eigenvalue weighted by molar-refractivity contribution is -0.157. The van der Waals surface area contributed by atoms with Crippen molar-refractivity contribution >= 4 is 11.9 Å². The number of likely N-dealkylation sites (tertiary alicyclic amines) is 1. The normalized spacial score (nSPS) is 25.6. The predicted molar refractivity (Wildman–Crippen MR) is 85.7 cm³/mol. The van der Waals surface area contributed by atoms with E-state index >= 15 is 0 Å². The lowest BCUT2D eigenvalue weighted by Crippen LogP contribution is -2.45. The van der Waals surface area contributed by atoms with Crippen LogP contribution in [0.5, 0.6) is 5.75 Å². The Balaban J connectivity index is 1.74. The number of carboxylic acid groups (broad SMARTS) is 1. The van der Waals surface area contributed by atoms with Crippen LogP contribution in [0.15, 0.2) is 24.3 Å². The minimum Gasteiger partial charge on any atom is -0.481 e. The quantitative estimate of drug-likeness (QED) is 0.842. The number of fused-ring (bicyclic) bond motifs is 1. The van der Waals surface area contributed by atoms with Crippen LogP contribution in [0.2, 0.25) is 0 Å². The molecule has 0 aromatic heterocycles. The molecule has 2 saturated heterocycles. The van der Waals surface area contributed by atoms with E-state index in [9.17, 15) is 14.7 Å². The van der Waals surface area contributed by atoms with Crippen molar-refractivity contribution in [3.05, 3.63) is 29.8 Å². The van der Waals surface area contributed by atoms with E-state index in [-0.39, 0.29) is 25.0 Å². The number of terminal acetylenes is 1. The Morgan fingerprint density at radius 2 is 2.17 bits per heavy atom. The third-order valence-electron chi connectivity index (χ3n) is 4.84. The van der Waals surface area contributed by atoms with E-state index in [4.69, 9.17) is 15.9 Å². The van der Waals surface area contributed by atoms with E-state index in [0.29, 0.717) is 37.5 Å². The topological polar surface area (TPSA) is 76.1 Å². The molecular formula is C18H19NO5. The second-order valence-corrected chi connectivity index (χ2v) is 6.19. The summed E-state index contributed by atoms with van der Waals surface area (Å²) in [5.41, 5.74) is -0.382. The maximum atomic E-state index is 12.7. The molecule has 2 aliphatic heterocycles. The summed E-state index contributed by atoms with van der Waals surface area (Å²) in [6.45, 7) is 1.61. The first kappa shape index (κ1) is 16.3. The van der Waals surface area contributed by atoms with Crippen molar-refractivity contribution in [2.24, 2.45) is 11.3 Å². The lowest BCUT2D eigenvalue weighted by atomic mass is 9.74. The molecule has 0 aliphatic carbocycles. The fourth-order valence-corrected chi connectivity index (χ4v) is 3.46. The van der Waals surface area contributed by atoms with Gasteiger partial charge in [-0.15, -0.1) is 6.42 Å². The number of benzene rings is 1. The van der Waals surface area contributed by atoms with Crippen LogP contribution < -0.4 is 4.74 Å². The van der Waals surface area contributed by atoms with E-state index in [0.717, 1.165) is 0 Å². The van der Waals surface area contributed by atoms with Gasteiger partial charge in [-0.25, -0.2) is 0 Å². The number of carbonyl (C=O) groups is 2. The van der Waals surface area contributed by atoms with Gasteiger partial charge in [0.2, 0.25) is 0 Å². The van der Waals surface area contributed by atoms with Crippen molar-refractivity contribution in [1.82, 2.24) is 4.90 Å². The van der Waals surface area contributed by atoms with Crippen LogP contribution in [-0.4, -0.2) is 54.8 Å². The van der Waals surface area contributed by atoms with Crippen LogP contribution in [0.3, 0.4) is 0 Å². The van der Waals surface area contributed by atoms with Crippen LogP contribution in [0.4, 0.5) is 0 Å². The number of nitrogens with zero attached hydrogens (tertiary/aromatic N) is 1. The molecule has 0 saturated carbocycles. The second kappa shape index (κ2) is 6.54. The van der Waals surface area contributed by atoms with E-state index in [1.165, 1.54) is 0 Å². The molecule has 1 amide bonds. The molecule has 2 fully saturated rings. The van der Waals surface area contributed by atoms with Crippen molar-refractivity contribution in [2.45, 2.75) is 6.42 Å². The van der Waals surface area contributed by atoms with E-state index in [1.54, 1.807) is 29.2 Å². The molecule has 126 valence electrons. The molecule has 3 rings (SSSR count). The molecule has 0 spiro atoms. The molecule has 2 aliphatic rings. The first-order valence-corrected chi connectivity index (χ1v) is 7.83. The first-order valence-electron chi connectivity index (χ1n) is 7.83. The summed E-state index contributed by atoms with van der Waals surface area (Å²) in [7, 11) is 0. The number of ether oxygens (including phenoxy) is 2. The molecule has 1 aromatic rings. The van der Waals surface area contributed by atoms with Gasteiger partial charge < -0.3 is 19.5 Å². The van der Waals surface area contributed by atoms with Crippen LogP contribution in [0.1, 0.15) is 16.8 Å². The SMILES string of the molecule is C#CCOc1ccc(C(=O)N2C[C@H]3COCC[C@@]3(C(=O)O)C2)cc1. The molecule has 2 atom stereocenters. The van der Waals surface area contributed by atoms with Gasteiger partial charge in [-0.3, -0.25) is 9.59 Å². The van der Waals surface area contributed by atoms with Gasteiger partial charge in [-0.1, -0.05) is 5.92 Å². The Morgan fingerprint density at radius 3 is 2.79 bits per heavy atom. The number of hydrogen-bond acceptors (Lipinski definition) is 4. The van der Waals surface area contributed by atoms with Gasteiger partial charge in [0.25, 0.3) is 5.91 Å². The summed E-state index contributed by atoms with van der Waals surface area (Å²) < 4.78 is 10.7. The average Bonchev–Trinajstić information content (AvgIpc) is 3.01. The van der Waals surface area contributed by atoms with Crippen LogP contribution in [-0.2, 0) is 9.53 Å². The van der Waals surface area contributed by atoms with Crippen LogP contribution in [0, 0.1) is 23.7 Å². The molecule has 0 radical (unpaired) electrons. The van der Waals surface area contributed by atoms with Gasteiger partial charge in [-0.2, -0.15) is 0 Å². The van der Waals surface area contributed by atoms with Gasteiger partial charge in [-0.05, 0) is 30.7 Å². The number of amides is 1. The molecular weight excluding hydrogens is 310 g/mol. The molecule has 1 aromatic carbocycles. The maximum absolute atomic E-state index is 12.7. The summed E-state index contributed by atoms with van der Waals surface area (Å²) in [6, 6.07) is 6.70. The standard InChI is InChI=1S/C18H19NO5/c1-2-8-24-15-5-3-13(4-6-15)16(20)19-10-14-11-23-9-7-18(14,12-19)17(21)22/h1,3-6,14H,7-12H2,(H,21,22)/t14-,18+/m0/s1. The Bertz CT molecular complexity index is 678. The average molecular weight is 329 g/mol. The van der Waals surface area contributed by atoms with Gasteiger partial charge in [0.15, 0.2) is 0 Å². The summed E-state index contributed by atoms with van der Waals surface area (Å²) in [6.07, 6.45) is 5.58. The molecule has 0 unspecified atom stereocenters. The van der Waals surface area contributed by atoms with Crippen molar-refractivity contribution < 1.29 is 24.2 Å². The number of aliphatic carboxylic acids is 1. The molecule has 24 heavy (non-hydrogen) atoms. The number of carbonyl (C=O) groups excluding carboxylic acids is 1. The highest BCUT2D eigenvalue weighted by atomic mass is 16.5. The minimum absolute atomic E-state index is 0.161. The lowest BCUT2D eigenvalue weighted by Gasteiger charge is -2.33. The second-order valence-electron chi connectivity index (χ2n) is 6.19. The molecule has 6 nitrogen and oxygen atoms in total. The van der Waals surface area contributed by atoms with Crippen LogP contribution >= 0.6 is 0 Å². The Hall–Kier alpha value is -2.52. The summed E-state index contributed by atoms with van der Waals surface area (Å²) in [5.74, 6) is 1.79. The van der Waals surface area contributed by atoms with Crippen molar-refractivity contribution in [3.63, 3.8) is 0 Å². The predicted octanol–water partition coefficient (Wildman–Crippen LogP) is 1.26. The van der Waals surface area contributed by atoms with Crippen LogP contribution in [0.25, 0.3) is 0 Å². The third kappa shape index (κ3) is 2.83.